The monoisotopic (exact) mass is 480 g/mol. The first-order chi connectivity index (χ1) is 13.1. The van der Waals surface area contributed by atoms with E-state index < -0.39 is 65.7 Å². The molecule has 1 aromatic rings. The lowest BCUT2D eigenvalue weighted by atomic mass is 10.0. The van der Waals surface area contributed by atoms with Gasteiger partial charge in [-0.15, -0.1) is 0 Å². The molecule has 2 rings (SSSR count). The molecule has 29 heavy (non-hydrogen) atoms. The molecule has 0 aromatic carbocycles. The second-order valence-corrected chi connectivity index (χ2v) is 9.65. The molecule has 1 fully saturated rings. The van der Waals surface area contributed by atoms with Gasteiger partial charge in [0, 0.05) is 6.20 Å². The molecule has 1 aliphatic heterocycles. The van der Waals surface area contributed by atoms with Crippen molar-refractivity contribution in [3.8, 4) is 0 Å². The Morgan fingerprint density at radius 1 is 1.03 bits per heavy atom. The molecular weight excluding hydrogens is 469 g/mol. The van der Waals surface area contributed by atoms with Crippen LogP contribution < -0.4 is 30.8 Å². The zero-order chi connectivity index (χ0) is 22.2. The zero-order valence-corrected chi connectivity index (χ0v) is 16.3. The van der Waals surface area contributed by atoms with E-state index in [1.54, 1.807) is 0 Å². The van der Waals surface area contributed by atoms with Crippen molar-refractivity contribution in [3.63, 3.8) is 0 Å². The first-order valence-corrected chi connectivity index (χ1v) is 11.5. The van der Waals surface area contributed by atoms with Gasteiger partial charge in [0.2, 0.25) is 0 Å². The van der Waals surface area contributed by atoms with Crippen molar-refractivity contribution < 1.29 is 61.4 Å². The van der Waals surface area contributed by atoms with E-state index in [-0.39, 0.29) is 5.56 Å². The average Bonchev–Trinajstić information content (AvgIpc) is 2.78. The molecule has 0 amide bonds. The first-order valence-electron chi connectivity index (χ1n) is 7.15. The van der Waals surface area contributed by atoms with Crippen molar-refractivity contribution in [2.45, 2.75) is 24.4 Å². The van der Waals surface area contributed by atoms with Crippen LogP contribution in [0.15, 0.2) is 15.8 Å². The van der Waals surface area contributed by atoms with Crippen LogP contribution in [0.1, 0.15) is 11.7 Å². The number of aliphatic hydroxyl groups is 2. The Kier molecular flexibility index (Phi) is 7.20. The number of rotatable bonds is 8. The third-order valence-electron chi connectivity index (χ3n) is 3.31. The van der Waals surface area contributed by atoms with Gasteiger partial charge in [-0.1, -0.05) is 0 Å². The number of aliphatic hydroxyl groups excluding tert-OH is 2. The van der Waals surface area contributed by atoms with E-state index in [1.807, 2.05) is 4.98 Å². The first kappa shape index (κ1) is 24.2. The summed E-state index contributed by atoms with van der Waals surface area (Å²) in [4.78, 5) is 69.6. The Labute approximate surface area is 159 Å². The zero-order valence-electron chi connectivity index (χ0n) is 13.6. The van der Waals surface area contributed by atoms with E-state index in [2.05, 4.69) is 18.1 Å². The van der Waals surface area contributed by atoms with Crippen LogP contribution in [-0.2, 0) is 31.6 Å². The lowest BCUT2D eigenvalue weighted by Gasteiger charge is -2.37. The second-order valence-electron chi connectivity index (χ2n) is 5.40. The highest BCUT2D eigenvalue weighted by molar-refractivity contribution is 7.64. The molecule has 2 unspecified atom stereocenters. The summed E-state index contributed by atoms with van der Waals surface area (Å²) in [6.07, 6.45) is -5.94. The summed E-state index contributed by atoms with van der Waals surface area (Å²) < 4.78 is 48.3. The highest BCUT2D eigenvalue weighted by atomic mass is 31.3. The number of hydrogen-bond acceptors (Lipinski definition) is 15. The van der Waals surface area contributed by atoms with Gasteiger partial charge in [-0.2, -0.15) is 0 Å². The van der Waals surface area contributed by atoms with Crippen molar-refractivity contribution in [1.29, 1.82) is 0 Å². The van der Waals surface area contributed by atoms with Crippen LogP contribution in [0.25, 0.3) is 0 Å². The van der Waals surface area contributed by atoms with E-state index in [4.69, 9.17) is 4.74 Å². The molecular formula is C9H11N2O15P3-4. The number of nitrogens with one attached hydrogen (secondary N) is 2. The number of H-pyrrole nitrogens is 2. The van der Waals surface area contributed by atoms with E-state index >= 15 is 0 Å². The van der Waals surface area contributed by atoms with E-state index in [1.165, 1.54) is 0 Å². The van der Waals surface area contributed by atoms with Gasteiger partial charge in [-0.25, -0.2) is 9.11 Å². The summed E-state index contributed by atoms with van der Waals surface area (Å²) in [6.45, 7) is -1.16. The molecule has 2 heterocycles. The molecule has 1 aliphatic rings. The van der Waals surface area contributed by atoms with Crippen LogP contribution in [0.5, 0.6) is 0 Å². The van der Waals surface area contributed by atoms with Gasteiger partial charge in [0.15, 0.2) is 0 Å². The van der Waals surface area contributed by atoms with Crippen LogP contribution in [0, 0.1) is 0 Å². The van der Waals surface area contributed by atoms with Crippen LogP contribution in [-0.4, -0.2) is 45.1 Å². The summed E-state index contributed by atoms with van der Waals surface area (Å²) in [7, 11) is -18.2. The number of hydrogen-bond donors (Lipinski definition) is 4. The van der Waals surface area contributed by atoms with Gasteiger partial charge in [-0.05, 0) is 0 Å². The summed E-state index contributed by atoms with van der Waals surface area (Å²) in [5.74, 6) is 0. The Hall–Kier alpha value is -1.03. The standard InChI is InChI=1S/C9H15N2O15P3/c12-5-4(2-23-28(19,20)26-29(21,22)25-27(16,17)18)24-7(6(5)13)3-1-10-9(15)11-8(3)14/h1,4-7,12-13H,2H2,(H,19,20)(H,21,22)(H2,16,17,18)(H2,10,11,14,15)/p-4/t4-,5-,6-,7+/m1/s1. The fraction of sp³-hybridized carbons (Fsp3) is 0.556. The molecule has 166 valence electrons. The number of aromatic nitrogens is 2. The second kappa shape index (κ2) is 8.61. The number of phosphoric ester groups is 1. The highest BCUT2D eigenvalue weighted by Gasteiger charge is 2.45. The van der Waals surface area contributed by atoms with E-state index in [0.717, 1.165) is 6.20 Å². The molecule has 1 aromatic heterocycles. The predicted molar refractivity (Wildman–Crippen MR) is 78.3 cm³/mol. The van der Waals surface area contributed by atoms with Gasteiger partial charge in [0.25, 0.3) is 21.2 Å². The molecule has 17 nitrogen and oxygen atoms in total. The highest BCUT2D eigenvalue weighted by Crippen LogP contribution is 2.60. The third-order valence-corrected chi connectivity index (χ3v) is 6.98. The topological polar surface area (TPSA) is 287 Å². The minimum atomic E-state index is -6.17. The fourth-order valence-corrected chi connectivity index (χ4v) is 5.09. The summed E-state index contributed by atoms with van der Waals surface area (Å²) >= 11 is 0. The Bertz CT molecular complexity index is 997. The van der Waals surface area contributed by atoms with Crippen LogP contribution >= 0.6 is 23.5 Å². The maximum atomic E-state index is 11.7. The Morgan fingerprint density at radius 3 is 2.21 bits per heavy atom. The third kappa shape index (κ3) is 6.73. The van der Waals surface area contributed by atoms with E-state index in [9.17, 15) is 53.1 Å². The summed E-state index contributed by atoms with van der Waals surface area (Å²) in [5, 5.41) is 19.8. The normalized spacial score (nSPS) is 29.3. The Morgan fingerprint density at radius 2 is 1.66 bits per heavy atom. The maximum absolute atomic E-state index is 11.7. The van der Waals surface area contributed by atoms with Crippen molar-refractivity contribution in [2.24, 2.45) is 0 Å². The molecule has 1 saturated heterocycles. The number of ether oxygens (including phenoxy) is 1. The number of aromatic amines is 2. The van der Waals surface area contributed by atoms with Gasteiger partial charge < -0.3 is 48.6 Å². The molecule has 6 atom stereocenters. The van der Waals surface area contributed by atoms with Gasteiger partial charge in [0.1, 0.15) is 24.4 Å². The smallest absolute Gasteiger partial charge is 0.325 e. The minimum Gasteiger partial charge on any atom is -0.790 e. The van der Waals surface area contributed by atoms with Crippen molar-refractivity contribution in [2.75, 3.05) is 6.61 Å². The molecule has 0 radical (unpaired) electrons. The fourth-order valence-electron chi connectivity index (χ4n) is 2.22. The van der Waals surface area contributed by atoms with Crippen LogP contribution in [0.3, 0.4) is 0 Å². The van der Waals surface area contributed by atoms with Crippen molar-refractivity contribution in [3.05, 3.63) is 32.6 Å². The van der Waals surface area contributed by atoms with Gasteiger partial charge >= 0.3 is 5.69 Å². The van der Waals surface area contributed by atoms with Crippen molar-refractivity contribution >= 4 is 23.5 Å². The largest absolute Gasteiger partial charge is 0.790 e. The molecule has 0 aliphatic carbocycles. The van der Waals surface area contributed by atoms with Crippen molar-refractivity contribution in [1.82, 2.24) is 9.97 Å². The SMILES string of the molecule is O=c1[nH]cc([C@@H]2O[C@H](COP(=O)([O-])OP(=O)([O-])OP(=O)([O-])[O-])[C@@H](O)[C@H]2O)c(=O)[nH]1. The van der Waals surface area contributed by atoms with Crippen LogP contribution in [0.4, 0.5) is 0 Å². The van der Waals surface area contributed by atoms with Crippen LogP contribution in [0.2, 0.25) is 0 Å². The molecule has 0 saturated carbocycles. The van der Waals surface area contributed by atoms with E-state index in [0.29, 0.717) is 0 Å². The minimum absolute atomic E-state index is 0.334. The number of phosphoric acid groups is 3. The molecule has 0 spiro atoms. The summed E-state index contributed by atoms with van der Waals surface area (Å²) in [5.41, 5.74) is -2.19. The lowest BCUT2D eigenvalue weighted by molar-refractivity contribution is -0.339. The maximum Gasteiger partial charge on any atom is 0.325 e. The van der Waals surface area contributed by atoms with Gasteiger partial charge in [-0.3, -0.25) is 23.2 Å². The molecule has 0 bridgehead atoms. The van der Waals surface area contributed by atoms with Gasteiger partial charge in [0.05, 0.1) is 20.0 Å². The molecule has 20 heteroatoms. The summed E-state index contributed by atoms with van der Waals surface area (Å²) in [6, 6.07) is 0. The lowest BCUT2D eigenvalue weighted by Crippen LogP contribution is -2.34. The quantitative estimate of drug-likeness (QED) is 0.253. The predicted octanol–water partition coefficient (Wildman–Crippen LogP) is -4.96. The Balaban J connectivity index is 2.06. The molecule has 4 N–H and O–H groups in total. The average molecular weight is 480 g/mol.